The normalized spacial score (nSPS) is 9.73. The predicted molar refractivity (Wildman–Crippen MR) is 50.2 cm³/mol. The predicted octanol–water partition coefficient (Wildman–Crippen LogP) is 1.99. The van der Waals surface area contributed by atoms with E-state index in [4.69, 9.17) is 17.3 Å². The third kappa shape index (κ3) is 1.77. The van der Waals surface area contributed by atoms with Crippen LogP contribution in [0.15, 0.2) is 18.2 Å². The van der Waals surface area contributed by atoms with Crippen LogP contribution in [0.2, 0.25) is 5.02 Å². The molecule has 2 nitrogen and oxygen atoms in total. The SMILES string of the molecule is CN(C)c1ccc(Cl)cc1N. The maximum absolute atomic E-state index is 5.72. The van der Waals surface area contributed by atoms with Crippen molar-refractivity contribution in [3.05, 3.63) is 23.2 Å². The van der Waals surface area contributed by atoms with Gasteiger partial charge in [0.2, 0.25) is 0 Å². The minimum absolute atomic E-state index is 0.674. The summed E-state index contributed by atoms with van der Waals surface area (Å²) in [6, 6.07) is 5.47. The van der Waals surface area contributed by atoms with Crippen LogP contribution in [0, 0.1) is 0 Å². The Morgan fingerprint density at radius 3 is 2.45 bits per heavy atom. The number of nitrogens with two attached hydrogens (primary N) is 1. The third-order valence-electron chi connectivity index (χ3n) is 1.47. The second kappa shape index (κ2) is 3.01. The number of hydrogen-bond acceptors (Lipinski definition) is 2. The third-order valence-corrected chi connectivity index (χ3v) is 1.71. The molecule has 0 saturated heterocycles. The lowest BCUT2D eigenvalue weighted by atomic mass is 10.2. The highest BCUT2D eigenvalue weighted by Gasteiger charge is 1.99. The first kappa shape index (κ1) is 8.21. The van der Waals surface area contributed by atoms with Crippen LogP contribution in [0.25, 0.3) is 0 Å². The second-order valence-electron chi connectivity index (χ2n) is 2.60. The van der Waals surface area contributed by atoms with Crippen molar-refractivity contribution in [2.24, 2.45) is 0 Å². The van der Waals surface area contributed by atoms with Crippen LogP contribution in [0.4, 0.5) is 11.4 Å². The molecule has 0 aliphatic carbocycles. The Morgan fingerprint density at radius 1 is 1.36 bits per heavy atom. The minimum Gasteiger partial charge on any atom is -0.397 e. The lowest BCUT2D eigenvalue weighted by Gasteiger charge is -2.14. The molecule has 1 aromatic carbocycles. The fraction of sp³-hybridized carbons (Fsp3) is 0.250. The van der Waals surface area contributed by atoms with Gasteiger partial charge in [-0.15, -0.1) is 0 Å². The van der Waals surface area contributed by atoms with Crippen LogP contribution in [-0.2, 0) is 0 Å². The molecular weight excluding hydrogens is 160 g/mol. The van der Waals surface area contributed by atoms with Gasteiger partial charge in [0.1, 0.15) is 0 Å². The van der Waals surface area contributed by atoms with E-state index in [0.29, 0.717) is 10.7 Å². The van der Waals surface area contributed by atoms with Gasteiger partial charge in [-0.3, -0.25) is 0 Å². The zero-order valence-corrected chi connectivity index (χ0v) is 7.39. The van der Waals surface area contributed by atoms with Crippen molar-refractivity contribution in [2.45, 2.75) is 0 Å². The maximum Gasteiger partial charge on any atom is 0.0595 e. The Labute approximate surface area is 71.6 Å². The minimum atomic E-state index is 0.674. The summed E-state index contributed by atoms with van der Waals surface area (Å²) in [5.41, 5.74) is 7.40. The molecule has 3 heteroatoms. The van der Waals surface area contributed by atoms with Crippen molar-refractivity contribution < 1.29 is 0 Å². The zero-order chi connectivity index (χ0) is 8.43. The Balaban J connectivity index is 3.09. The molecule has 0 bridgehead atoms. The molecule has 60 valence electrons. The van der Waals surface area contributed by atoms with E-state index in [2.05, 4.69) is 0 Å². The van der Waals surface area contributed by atoms with Crippen LogP contribution in [-0.4, -0.2) is 14.1 Å². The summed E-state index contributed by atoms with van der Waals surface area (Å²) < 4.78 is 0. The Kier molecular flexibility index (Phi) is 2.25. The molecule has 2 N–H and O–H groups in total. The van der Waals surface area contributed by atoms with E-state index in [1.165, 1.54) is 0 Å². The van der Waals surface area contributed by atoms with E-state index >= 15 is 0 Å². The summed E-state index contributed by atoms with van der Waals surface area (Å²) in [6.07, 6.45) is 0. The average Bonchev–Trinajstić information content (AvgIpc) is 1.85. The van der Waals surface area contributed by atoms with Gasteiger partial charge in [0.25, 0.3) is 0 Å². The number of anilines is 2. The summed E-state index contributed by atoms with van der Waals surface area (Å²) in [7, 11) is 3.89. The van der Waals surface area contributed by atoms with E-state index in [1.54, 1.807) is 6.07 Å². The van der Waals surface area contributed by atoms with E-state index in [-0.39, 0.29) is 0 Å². The molecule has 0 aliphatic heterocycles. The molecule has 1 rings (SSSR count). The molecule has 0 amide bonds. The molecule has 0 fully saturated rings. The fourth-order valence-electron chi connectivity index (χ4n) is 0.933. The molecular formula is C8H11ClN2. The number of halogens is 1. The molecule has 11 heavy (non-hydrogen) atoms. The maximum atomic E-state index is 5.72. The van der Waals surface area contributed by atoms with Crippen LogP contribution in [0.5, 0.6) is 0 Å². The lowest BCUT2D eigenvalue weighted by Crippen LogP contribution is -2.10. The van der Waals surface area contributed by atoms with Crippen molar-refractivity contribution >= 4 is 23.0 Å². The van der Waals surface area contributed by atoms with E-state index in [1.807, 2.05) is 31.1 Å². The highest BCUT2D eigenvalue weighted by molar-refractivity contribution is 6.31. The summed E-state index contributed by atoms with van der Waals surface area (Å²) in [6.45, 7) is 0. The quantitative estimate of drug-likeness (QED) is 0.654. The molecule has 0 radical (unpaired) electrons. The number of rotatable bonds is 1. The van der Waals surface area contributed by atoms with Crippen LogP contribution in [0.3, 0.4) is 0 Å². The van der Waals surface area contributed by atoms with Gasteiger partial charge in [0.15, 0.2) is 0 Å². The van der Waals surface area contributed by atoms with Gasteiger partial charge in [-0.2, -0.15) is 0 Å². The van der Waals surface area contributed by atoms with Crippen LogP contribution < -0.4 is 10.6 Å². The Hall–Kier alpha value is -0.890. The van der Waals surface area contributed by atoms with Crippen molar-refractivity contribution in [3.63, 3.8) is 0 Å². The van der Waals surface area contributed by atoms with Gasteiger partial charge in [-0.05, 0) is 18.2 Å². The molecule has 1 aromatic rings. The summed E-state index contributed by atoms with van der Waals surface area (Å²) >= 11 is 5.72. The van der Waals surface area contributed by atoms with Crippen molar-refractivity contribution in [2.75, 3.05) is 24.7 Å². The van der Waals surface area contributed by atoms with Crippen LogP contribution in [0.1, 0.15) is 0 Å². The van der Waals surface area contributed by atoms with Gasteiger partial charge in [-0.25, -0.2) is 0 Å². The largest absolute Gasteiger partial charge is 0.397 e. The first-order valence-corrected chi connectivity index (χ1v) is 3.71. The first-order chi connectivity index (χ1) is 5.11. The highest BCUT2D eigenvalue weighted by Crippen LogP contribution is 2.24. The topological polar surface area (TPSA) is 29.3 Å². The standard InChI is InChI=1S/C8H11ClN2/c1-11(2)8-4-3-6(9)5-7(8)10/h3-5H,10H2,1-2H3. The molecule has 0 unspecified atom stereocenters. The Bertz CT molecular complexity index is 258. The van der Waals surface area contributed by atoms with Gasteiger partial charge in [0.05, 0.1) is 11.4 Å². The van der Waals surface area contributed by atoms with Crippen LogP contribution >= 0.6 is 11.6 Å². The van der Waals surface area contributed by atoms with E-state index in [9.17, 15) is 0 Å². The molecule has 0 spiro atoms. The number of hydrogen-bond donors (Lipinski definition) is 1. The molecule has 0 aromatic heterocycles. The summed E-state index contributed by atoms with van der Waals surface area (Å²) in [5, 5.41) is 0.674. The number of nitrogens with zero attached hydrogens (tertiary/aromatic N) is 1. The monoisotopic (exact) mass is 170 g/mol. The molecule has 0 aliphatic rings. The van der Waals surface area contributed by atoms with Gasteiger partial charge < -0.3 is 10.6 Å². The highest BCUT2D eigenvalue weighted by atomic mass is 35.5. The number of benzene rings is 1. The molecule has 0 heterocycles. The summed E-state index contributed by atoms with van der Waals surface area (Å²) in [4.78, 5) is 1.95. The van der Waals surface area contributed by atoms with E-state index < -0.39 is 0 Å². The number of nitrogen functional groups attached to an aromatic ring is 1. The van der Waals surface area contributed by atoms with Crippen molar-refractivity contribution in [1.29, 1.82) is 0 Å². The van der Waals surface area contributed by atoms with Gasteiger partial charge >= 0.3 is 0 Å². The van der Waals surface area contributed by atoms with Crippen molar-refractivity contribution in [3.8, 4) is 0 Å². The van der Waals surface area contributed by atoms with Gasteiger partial charge in [-0.1, -0.05) is 11.6 Å². The van der Waals surface area contributed by atoms with Crippen molar-refractivity contribution in [1.82, 2.24) is 0 Å². The first-order valence-electron chi connectivity index (χ1n) is 3.33. The second-order valence-corrected chi connectivity index (χ2v) is 3.03. The molecule has 0 atom stereocenters. The summed E-state index contributed by atoms with van der Waals surface area (Å²) in [5.74, 6) is 0. The Morgan fingerprint density at radius 2 is 2.00 bits per heavy atom. The van der Waals surface area contributed by atoms with Gasteiger partial charge in [0, 0.05) is 19.1 Å². The smallest absolute Gasteiger partial charge is 0.0595 e. The molecule has 0 saturated carbocycles. The fourth-order valence-corrected chi connectivity index (χ4v) is 1.11. The zero-order valence-electron chi connectivity index (χ0n) is 6.63. The average molecular weight is 171 g/mol. The lowest BCUT2D eigenvalue weighted by molar-refractivity contribution is 1.13. The van der Waals surface area contributed by atoms with E-state index in [0.717, 1.165) is 5.69 Å².